The van der Waals surface area contributed by atoms with Crippen molar-refractivity contribution in [1.82, 2.24) is 9.80 Å². The highest BCUT2D eigenvalue weighted by atomic mass is 19.1. The number of rotatable bonds is 7. The summed E-state index contributed by atoms with van der Waals surface area (Å²) >= 11 is 0. The summed E-state index contributed by atoms with van der Waals surface area (Å²) in [7, 11) is 0. The molecule has 1 saturated heterocycles. The molecule has 0 saturated carbocycles. The van der Waals surface area contributed by atoms with Gasteiger partial charge in [0.15, 0.2) is 0 Å². The molecular weight excluding hydrogens is 464 g/mol. The minimum atomic E-state index is -0.865. The number of aryl methyl sites for hydroxylation is 1. The molecule has 0 bridgehead atoms. The van der Waals surface area contributed by atoms with Crippen molar-refractivity contribution in [2.24, 2.45) is 0 Å². The van der Waals surface area contributed by atoms with Crippen molar-refractivity contribution >= 4 is 17.5 Å². The van der Waals surface area contributed by atoms with Crippen molar-refractivity contribution in [3.05, 3.63) is 95.1 Å². The number of carbonyl (C=O) groups excluding carboxylic acids is 2. The van der Waals surface area contributed by atoms with E-state index < -0.39 is 17.5 Å². The summed E-state index contributed by atoms with van der Waals surface area (Å²) in [6, 6.07) is 17.1. The van der Waals surface area contributed by atoms with E-state index in [1.54, 1.807) is 4.90 Å². The van der Waals surface area contributed by atoms with Crippen molar-refractivity contribution in [2.45, 2.75) is 19.3 Å². The number of nitrogens with one attached hydrogen (secondary N) is 1. The van der Waals surface area contributed by atoms with Crippen LogP contribution in [0.3, 0.4) is 0 Å². The molecule has 1 heterocycles. The van der Waals surface area contributed by atoms with Crippen LogP contribution in [0.25, 0.3) is 0 Å². The van der Waals surface area contributed by atoms with Crippen molar-refractivity contribution in [2.75, 3.05) is 38.0 Å². The van der Waals surface area contributed by atoms with Crippen molar-refractivity contribution < 1.29 is 23.5 Å². The Labute approximate surface area is 209 Å². The SMILES string of the molecule is O=C(Nc1ccc(C(=O)N2CCCN(CCCc3ccccc3)CC2)c(O)c1)c1cc(F)cc(F)c1. The number of benzene rings is 3. The van der Waals surface area contributed by atoms with Gasteiger partial charge in [-0.05, 0) is 62.2 Å². The van der Waals surface area contributed by atoms with E-state index in [4.69, 9.17) is 0 Å². The van der Waals surface area contributed by atoms with E-state index in [9.17, 15) is 23.5 Å². The lowest BCUT2D eigenvalue weighted by molar-refractivity contribution is 0.0758. The van der Waals surface area contributed by atoms with Gasteiger partial charge in [0.05, 0.1) is 5.56 Å². The van der Waals surface area contributed by atoms with Gasteiger partial charge in [-0.2, -0.15) is 0 Å². The summed E-state index contributed by atoms with van der Waals surface area (Å²) in [5.41, 5.74) is 1.48. The standard InChI is InChI=1S/C28H29F2N3O3/c29-22-16-21(17-23(30)18-22)27(35)31-24-9-10-25(26(34)19-24)28(36)33-13-5-12-32(14-15-33)11-4-8-20-6-2-1-3-7-20/h1-3,6-7,9-10,16-19,34H,4-5,8,11-15H2,(H,31,35). The van der Waals surface area contributed by atoms with E-state index in [-0.39, 0.29) is 28.5 Å². The zero-order valence-electron chi connectivity index (χ0n) is 19.9. The topological polar surface area (TPSA) is 72.9 Å². The average molecular weight is 494 g/mol. The number of carbonyl (C=O) groups is 2. The van der Waals surface area contributed by atoms with Gasteiger partial charge in [0.1, 0.15) is 17.4 Å². The Morgan fingerprint density at radius 2 is 1.64 bits per heavy atom. The summed E-state index contributed by atoms with van der Waals surface area (Å²) in [4.78, 5) is 29.5. The number of hydrogen-bond donors (Lipinski definition) is 2. The highest BCUT2D eigenvalue weighted by molar-refractivity contribution is 6.05. The first kappa shape index (κ1) is 25.3. The Morgan fingerprint density at radius 3 is 2.36 bits per heavy atom. The molecule has 0 radical (unpaired) electrons. The van der Waals surface area contributed by atoms with Gasteiger partial charge in [0, 0.05) is 43.0 Å². The Hall–Kier alpha value is -3.78. The van der Waals surface area contributed by atoms with Crippen LogP contribution in [0, 0.1) is 11.6 Å². The molecule has 8 heteroatoms. The minimum Gasteiger partial charge on any atom is -0.507 e. The number of nitrogens with zero attached hydrogens (tertiary/aromatic N) is 2. The first-order valence-corrected chi connectivity index (χ1v) is 12.0. The van der Waals surface area contributed by atoms with E-state index >= 15 is 0 Å². The molecule has 0 unspecified atom stereocenters. The third-order valence-electron chi connectivity index (χ3n) is 6.27. The average Bonchev–Trinajstić information content (AvgIpc) is 3.10. The zero-order chi connectivity index (χ0) is 25.5. The number of phenols is 1. The first-order chi connectivity index (χ1) is 17.4. The number of anilines is 1. The van der Waals surface area contributed by atoms with Gasteiger partial charge < -0.3 is 20.2 Å². The maximum atomic E-state index is 13.4. The molecule has 0 aromatic heterocycles. The molecule has 3 aromatic rings. The fourth-order valence-electron chi connectivity index (χ4n) is 4.40. The van der Waals surface area contributed by atoms with Crippen LogP contribution in [0.2, 0.25) is 0 Å². The summed E-state index contributed by atoms with van der Waals surface area (Å²) in [6.45, 7) is 3.80. The van der Waals surface area contributed by atoms with E-state index in [1.807, 2.05) is 18.2 Å². The molecule has 36 heavy (non-hydrogen) atoms. The van der Waals surface area contributed by atoms with Crippen LogP contribution >= 0.6 is 0 Å². The van der Waals surface area contributed by atoms with Gasteiger partial charge in [0.2, 0.25) is 0 Å². The lowest BCUT2D eigenvalue weighted by Crippen LogP contribution is -2.35. The Morgan fingerprint density at radius 1 is 0.889 bits per heavy atom. The molecule has 1 fully saturated rings. The van der Waals surface area contributed by atoms with Gasteiger partial charge in [-0.25, -0.2) is 8.78 Å². The number of amides is 2. The first-order valence-electron chi connectivity index (χ1n) is 12.0. The van der Waals surface area contributed by atoms with E-state index in [1.165, 1.54) is 23.8 Å². The number of halogens is 2. The monoisotopic (exact) mass is 493 g/mol. The van der Waals surface area contributed by atoms with Crippen LogP contribution in [-0.4, -0.2) is 59.4 Å². The summed E-state index contributed by atoms with van der Waals surface area (Å²) < 4.78 is 26.8. The summed E-state index contributed by atoms with van der Waals surface area (Å²) in [5.74, 6) is -3.00. The van der Waals surface area contributed by atoms with Crippen LogP contribution in [-0.2, 0) is 6.42 Å². The van der Waals surface area contributed by atoms with Crippen LogP contribution in [0.4, 0.5) is 14.5 Å². The quantitative estimate of drug-likeness (QED) is 0.500. The highest BCUT2D eigenvalue weighted by Crippen LogP contribution is 2.25. The second-order valence-corrected chi connectivity index (χ2v) is 8.92. The van der Waals surface area contributed by atoms with Gasteiger partial charge in [-0.1, -0.05) is 30.3 Å². The number of aromatic hydroxyl groups is 1. The summed E-state index contributed by atoms with van der Waals surface area (Å²) in [5, 5.41) is 13.0. The molecular formula is C28H29F2N3O3. The maximum absolute atomic E-state index is 13.4. The number of hydrogen-bond acceptors (Lipinski definition) is 4. The molecule has 1 aliphatic rings. The second-order valence-electron chi connectivity index (χ2n) is 8.92. The molecule has 0 aliphatic carbocycles. The highest BCUT2D eigenvalue weighted by Gasteiger charge is 2.23. The third kappa shape index (κ3) is 6.66. The fraction of sp³-hybridized carbons (Fsp3) is 0.286. The number of phenolic OH excluding ortho intramolecular Hbond substituents is 1. The van der Waals surface area contributed by atoms with Crippen LogP contribution in [0.15, 0.2) is 66.7 Å². The molecule has 0 atom stereocenters. The molecule has 2 N–H and O–H groups in total. The van der Waals surface area contributed by atoms with E-state index in [2.05, 4.69) is 22.3 Å². The maximum Gasteiger partial charge on any atom is 0.257 e. The van der Waals surface area contributed by atoms with Crippen LogP contribution in [0.5, 0.6) is 5.75 Å². The molecule has 4 rings (SSSR count). The minimum absolute atomic E-state index is 0.141. The Kier molecular flexibility index (Phi) is 8.28. The van der Waals surface area contributed by atoms with Crippen molar-refractivity contribution in [3.8, 4) is 5.75 Å². The molecule has 6 nitrogen and oxygen atoms in total. The second kappa shape index (κ2) is 11.8. The predicted molar refractivity (Wildman–Crippen MR) is 134 cm³/mol. The van der Waals surface area contributed by atoms with Gasteiger partial charge in [-0.15, -0.1) is 0 Å². The van der Waals surface area contributed by atoms with Crippen LogP contribution < -0.4 is 5.32 Å². The predicted octanol–water partition coefficient (Wildman–Crippen LogP) is 4.70. The smallest absolute Gasteiger partial charge is 0.257 e. The molecule has 1 aliphatic heterocycles. The lowest BCUT2D eigenvalue weighted by Gasteiger charge is -2.22. The van der Waals surface area contributed by atoms with E-state index in [0.29, 0.717) is 19.2 Å². The summed E-state index contributed by atoms with van der Waals surface area (Å²) in [6.07, 6.45) is 2.91. The largest absolute Gasteiger partial charge is 0.507 e. The lowest BCUT2D eigenvalue weighted by atomic mass is 10.1. The zero-order valence-corrected chi connectivity index (χ0v) is 19.9. The third-order valence-corrected chi connectivity index (χ3v) is 6.27. The Bertz CT molecular complexity index is 1200. The van der Waals surface area contributed by atoms with Crippen molar-refractivity contribution in [3.63, 3.8) is 0 Å². The van der Waals surface area contributed by atoms with Gasteiger partial charge in [-0.3, -0.25) is 9.59 Å². The van der Waals surface area contributed by atoms with E-state index in [0.717, 1.165) is 51.0 Å². The van der Waals surface area contributed by atoms with Gasteiger partial charge in [0.25, 0.3) is 11.8 Å². The van der Waals surface area contributed by atoms with Crippen molar-refractivity contribution in [1.29, 1.82) is 0 Å². The molecule has 2 amide bonds. The molecule has 3 aromatic carbocycles. The normalized spacial score (nSPS) is 14.3. The molecule has 188 valence electrons. The molecule has 0 spiro atoms. The van der Waals surface area contributed by atoms with Gasteiger partial charge >= 0.3 is 0 Å². The Balaban J connectivity index is 1.32. The fourth-order valence-corrected chi connectivity index (χ4v) is 4.40. The van der Waals surface area contributed by atoms with Crippen LogP contribution in [0.1, 0.15) is 39.1 Å².